The maximum atomic E-state index is 13.3. The Morgan fingerprint density at radius 3 is 2.62 bits per heavy atom. The van der Waals surface area contributed by atoms with Crippen LogP contribution in [0.5, 0.6) is 0 Å². The number of likely N-dealkylation sites (N-methyl/N-ethyl adjacent to an activating group) is 1. The van der Waals surface area contributed by atoms with Crippen molar-refractivity contribution in [3.05, 3.63) is 35.4 Å². The second-order valence-corrected chi connectivity index (χ2v) is 3.67. The van der Waals surface area contributed by atoms with Crippen LogP contribution in [0.25, 0.3) is 0 Å². The zero-order valence-corrected chi connectivity index (χ0v) is 9.08. The molecule has 0 aromatic heterocycles. The molecule has 0 spiro atoms. The lowest BCUT2D eigenvalue weighted by Gasteiger charge is -2.21. The summed E-state index contributed by atoms with van der Waals surface area (Å²) in [6.45, 7) is 1.63. The minimum Gasteiger partial charge on any atom is -0.480 e. The molecule has 1 atom stereocenters. The van der Waals surface area contributed by atoms with Crippen molar-refractivity contribution >= 4 is 5.97 Å². The van der Waals surface area contributed by atoms with E-state index in [1.165, 1.54) is 17.9 Å². The molecule has 1 unspecified atom stereocenters. The van der Waals surface area contributed by atoms with Crippen molar-refractivity contribution in [2.45, 2.75) is 19.5 Å². The van der Waals surface area contributed by atoms with Crippen LogP contribution in [0, 0.1) is 11.6 Å². The maximum Gasteiger partial charge on any atom is 0.320 e. The molecule has 0 aliphatic rings. The fourth-order valence-electron chi connectivity index (χ4n) is 1.24. The number of rotatable bonds is 4. The van der Waals surface area contributed by atoms with E-state index < -0.39 is 23.6 Å². The Kier molecular flexibility index (Phi) is 3.95. The Bertz CT molecular complexity index is 396. The molecule has 1 aromatic carbocycles. The molecule has 16 heavy (non-hydrogen) atoms. The van der Waals surface area contributed by atoms with E-state index in [0.29, 0.717) is 0 Å². The molecular formula is C11H13F2NO2. The fraction of sp³-hybridized carbons (Fsp3) is 0.364. The molecule has 1 rings (SSSR count). The molecular weight excluding hydrogens is 216 g/mol. The summed E-state index contributed by atoms with van der Waals surface area (Å²) in [7, 11) is 1.57. The standard InChI is InChI=1S/C11H13F2NO2/c1-7(11(15)16)14(2)6-8-3-4-9(12)5-10(8)13/h3-5,7H,6H2,1-2H3,(H,15,16). The monoisotopic (exact) mass is 229 g/mol. The molecule has 0 radical (unpaired) electrons. The minimum absolute atomic E-state index is 0.125. The van der Waals surface area contributed by atoms with Crippen LogP contribution < -0.4 is 0 Å². The highest BCUT2D eigenvalue weighted by atomic mass is 19.1. The van der Waals surface area contributed by atoms with Gasteiger partial charge >= 0.3 is 5.97 Å². The molecule has 0 aliphatic heterocycles. The van der Waals surface area contributed by atoms with Crippen LogP contribution in [0.2, 0.25) is 0 Å². The van der Waals surface area contributed by atoms with Gasteiger partial charge in [0.25, 0.3) is 0 Å². The smallest absolute Gasteiger partial charge is 0.320 e. The van der Waals surface area contributed by atoms with E-state index >= 15 is 0 Å². The molecule has 0 amide bonds. The molecule has 1 aromatic rings. The average molecular weight is 229 g/mol. The lowest BCUT2D eigenvalue weighted by Crippen LogP contribution is -2.35. The van der Waals surface area contributed by atoms with Crippen molar-refractivity contribution in [3.63, 3.8) is 0 Å². The molecule has 0 saturated carbocycles. The van der Waals surface area contributed by atoms with Crippen LogP contribution >= 0.6 is 0 Å². The zero-order valence-electron chi connectivity index (χ0n) is 9.08. The van der Waals surface area contributed by atoms with Crippen molar-refractivity contribution in [2.24, 2.45) is 0 Å². The third-order valence-electron chi connectivity index (χ3n) is 2.45. The van der Waals surface area contributed by atoms with Crippen LogP contribution in [-0.2, 0) is 11.3 Å². The first-order valence-corrected chi connectivity index (χ1v) is 4.78. The fourth-order valence-corrected chi connectivity index (χ4v) is 1.24. The molecule has 3 nitrogen and oxygen atoms in total. The second-order valence-electron chi connectivity index (χ2n) is 3.67. The number of carboxylic acids is 1. The van der Waals surface area contributed by atoms with Crippen molar-refractivity contribution in [1.82, 2.24) is 4.90 Å². The first-order valence-electron chi connectivity index (χ1n) is 4.78. The van der Waals surface area contributed by atoms with Crippen molar-refractivity contribution < 1.29 is 18.7 Å². The first kappa shape index (κ1) is 12.6. The Hall–Kier alpha value is -1.49. The molecule has 0 bridgehead atoms. The van der Waals surface area contributed by atoms with E-state index in [1.807, 2.05) is 0 Å². The van der Waals surface area contributed by atoms with Gasteiger partial charge in [0.15, 0.2) is 0 Å². The third-order valence-corrected chi connectivity index (χ3v) is 2.45. The minimum atomic E-state index is -0.981. The number of aliphatic carboxylic acids is 1. The van der Waals surface area contributed by atoms with Crippen molar-refractivity contribution in [2.75, 3.05) is 7.05 Å². The summed E-state index contributed by atoms with van der Waals surface area (Å²) < 4.78 is 25.9. The lowest BCUT2D eigenvalue weighted by atomic mass is 10.1. The van der Waals surface area contributed by atoms with Gasteiger partial charge in [0, 0.05) is 18.2 Å². The Morgan fingerprint density at radius 2 is 2.12 bits per heavy atom. The highest BCUT2D eigenvalue weighted by Gasteiger charge is 2.17. The first-order chi connectivity index (χ1) is 7.41. The predicted octanol–water partition coefficient (Wildman–Crippen LogP) is 1.87. The van der Waals surface area contributed by atoms with Gasteiger partial charge in [-0.3, -0.25) is 9.69 Å². The van der Waals surface area contributed by atoms with Crippen LogP contribution in [-0.4, -0.2) is 29.1 Å². The van der Waals surface area contributed by atoms with Gasteiger partial charge in [0.1, 0.15) is 17.7 Å². The zero-order chi connectivity index (χ0) is 12.3. The predicted molar refractivity (Wildman–Crippen MR) is 54.9 cm³/mol. The van der Waals surface area contributed by atoms with Gasteiger partial charge < -0.3 is 5.11 Å². The number of carbonyl (C=O) groups is 1. The lowest BCUT2D eigenvalue weighted by molar-refractivity contribution is -0.142. The number of benzene rings is 1. The summed E-state index contributed by atoms with van der Waals surface area (Å²) in [6, 6.07) is 2.53. The summed E-state index contributed by atoms with van der Waals surface area (Å²) in [5.41, 5.74) is 0.275. The molecule has 1 N–H and O–H groups in total. The SMILES string of the molecule is CC(C(=O)O)N(C)Cc1ccc(F)cc1F. The highest BCUT2D eigenvalue weighted by molar-refractivity contribution is 5.72. The number of halogens is 2. The second kappa shape index (κ2) is 5.03. The number of hydrogen-bond acceptors (Lipinski definition) is 2. The summed E-state index contributed by atoms with van der Waals surface area (Å²) in [5, 5.41) is 8.75. The number of carboxylic acid groups (broad SMARTS) is 1. The van der Waals surface area contributed by atoms with Crippen molar-refractivity contribution in [1.29, 1.82) is 0 Å². The summed E-state index contributed by atoms with van der Waals surface area (Å²) in [6.07, 6.45) is 0. The molecule has 88 valence electrons. The van der Waals surface area contributed by atoms with Gasteiger partial charge in [-0.15, -0.1) is 0 Å². The maximum absolute atomic E-state index is 13.3. The number of nitrogens with zero attached hydrogens (tertiary/aromatic N) is 1. The summed E-state index contributed by atoms with van der Waals surface area (Å²) >= 11 is 0. The Morgan fingerprint density at radius 1 is 1.50 bits per heavy atom. The van der Waals surface area contributed by atoms with E-state index in [4.69, 9.17) is 5.11 Å². The van der Waals surface area contributed by atoms with Crippen LogP contribution in [0.4, 0.5) is 8.78 Å². The largest absolute Gasteiger partial charge is 0.480 e. The van der Waals surface area contributed by atoms with Gasteiger partial charge in [-0.2, -0.15) is 0 Å². The molecule has 0 saturated heterocycles. The van der Waals surface area contributed by atoms with Gasteiger partial charge in [-0.25, -0.2) is 8.78 Å². The van der Waals surface area contributed by atoms with Gasteiger partial charge in [0.05, 0.1) is 0 Å². The third kappa shape index (κ3) is 3.00. The molecule has 0 aliphatic carbocycles. The van der Waals surface area contributed by atoms with E-state index in [0.717, 1.165) is 12.1 Å². The quantitative estimate of drug-likeness (QED) is 0.856. The molecule has 5 heteroatoms. The Balaban J connectivity index is 2.77. The average Bonchev–Trinajstić information content (AvgIpc) is 2.20. The normalized spacial score (nSPS) is 12.8. The van der Waals surface area contributed by atoms with Crippen LogP contribution in [0.3, 0.4) is 0 Å². The van der Waals surface area contributed by atoms with E-state index in [9.17, 15) is 13.6 Å². The van der Waals surface area contributed by atoms with Crippen LogP contribution in [0.15, 0.2) is 18.2 Å². The van der Waals surface area contributed by atoms with Gasteiger partial charge in [0.2, 0.25) is 0 Å². The van der Waals surface area contributed by atoms with Crippen LogP contribution in [0.1, 0.15) is 12.5 Å². The summed E-state index contributed by atoms with van der Waals surface area (Å²) in [4.78, 5) is 12.1. The topological polar surface area (TPSA) is 40.5 Å². The molecule has 0 heterocycles. The van der Waals surface area contributed by atoms with E-state index in [1.54, 1.807) is 7.05 Å². The van der Waals surface area contributed by atoms with Gasteiger partial charge in [-0.1, -0.05) is 6.07 Å². The summed E-state index contributed by atoms with van der Waals surface area (Å²) in [5.74, 6) is -2.29. The molecule has 0 fully saturated rings. The van der Waals surface area contributed by atoms with E-state index in [2.05, 4.69) is 0 Å². The Labute approximate surface area is 92.3 Å². The van der Waals surface area contributed by atoms with Gasteiger partial charge in [-0.05, 0) is 20.0 Å². The van der Waals surface area contributed by atoms with E-state index in [-0.39, 0.29) is 12.1 Å². The highest BCUT2D eigenvalue weighted by Crippen LogP contribution is 2.12. The number of hydrogen-bond donors (Lipinski definition) is 1. The van der Waals surface area contributed by atoms with Crippen molar-refractivity contribution in [3.8, 4) is 0 Å².